The van der Waals surface area contributed by atoms with E-state index < -0.39 is 5.91 Å². The van der Waals surface area contributed by atoms with E-state index in [-0.39, 0.29) is 0 Å². The van der Waals surface area contributed by atoms with Crippen molar-refractivity contribution in [3.8, 4) is 0 Å². The molecule has 0 saturated heterocycles. The van der Waals surface area contributed by atoms with Gasteiger partial charge in [-0.15, -0.1) is 0 Å². The van der Waals surface area contributed by atoms with Gasteiger partial charge in [0.1, 0.15) is 0 Å². The molecular weight excluding hydrogens is 312 g/mol. The number of guanidine groups is 1. The van der Waals surface area contributed by atoms with Crippen LogP contribution in [0.2, 0.25) is 0 Å². The second-order valence-electron chi connectivity index (χ2n) is 6.04. The second-order valence-corrected chi connectivity index (χ2v) is 6.04. The Kier molecular flexibility index (Phi) is 6.57. The Labute approximate surface area is 149 Å². The largest absolute Gasteiger partial charge is 0.366 e. The van der Waals surface area contributed by atoms with Gasteiger partial charge in [-0.05, 0) is 49.6 Å². The molecule has 0 aliphatic rings. The maximum atomic E-state index is 11.3. The van der Waals surface area contributed by atoms with Gasteiger partial charge in [-0.3, -0.25) is 4.79 Å². The van der Waals surface area contributed by atoms with Gasteiger partial charge in [0.15, 0.2) is 5.96 Å². The zero-order chi connectivity index (χ0) is 18.2. The number of aliphatic imine (C=N–C) groups is 1. The fourth-order valence-electron chi connectivity index (χ4n) is 2.56. The summed E-state index contributed by atoms with van der Waals surface area (Å²) in [6, 6.07) is 13.7. The lowest BCUT2D eigenvalue weighted by molar-refractivity contribution is 0.1000. The minimum absolute atomic E-state index is 0.425. The standard InChI is InChI=1S/C20H26N4O/c1-4-22-20(24-13-18-9-8-14(2)10-15(18)3)23-12-16-6-5-7-17(11-16)19(21)25/h5-11H,4,12-13H2,1-3H3,(H2,21,25)(H2,22,23,24). The van der Waals surface area contributed by atoms with Gasteiger partial charge in [-0.1, -0.05) is 35.9 Å². The van der Waals surface area contributed by atoms with E-state index in [0.717, 1.165) is 18.1 Å². The molecule has 0 aromatic heterocycles. The molecule has 0 fully saturated rings. The number of primary amides is 1. The average molecular weight is 338 g/mol. The Morgan fingerprint density at radius 1 is 1.12 bits per heavy atom. The van der Waals surface area contributed by atoms with Gasteiger partial charge in [0.25, 0.3) is 0 Å². The third kappa shape index (κ3) is 5.64. The van der Waals surface area contributed by atoms with Crippen molar-refractivity contribution < 1.29 is 4.79 Å². The first kappa shape index (κ1) is 18.5. The predicted octanol–water partition coefficient (Wildman–Crippen LogP) is 2.66. The molecule has 0 aliphatic heterocycles. The number of carbonyl (C=O) groups is 1. The van der Waals surface area contributed by atoms with E-state index in [1.807, 2.05) is 19.1 Å². The van der Waals surface area contributed by atoms with Gasteiger partial charge < -0.3 is 16.4 Å². The molecule has 0 atom stereocenters. The van der Waals surface area contributed by atoms with Crippen molar-refractivity contribution in [1.29, 1.82) is 0 Å². The summed E-state index contributed by atoms with van der Waals surface area (Å²) in [5.74, 6) is 0.317. The van der Waals surface area contributed by atoms with Crippen LogP contribution in [0.5, 0.6) is 0 Å². The van der Waals surface area contributed by atoms with E-state index in [4.69, 9.17) is 5.73 Å². The average Bonchev–Trinajstić information content (AvgIpc) is 2.59. The van der Waals surface area contributed by atoms with Crippen molar-refractivity contribution >= 4 is 11.9 Å². The molecule has 2 aromatic rings. The van der Waals surface area contributed by atoms with Gasteiger partial charge in [-0.2, -0.15) is 0 Å². The highest BCUT2D eigenvalue weighted by Crippen LogP contribution is 2.10. The molecule has 2 rings (SSSR count). The van der Waals surface area contributed by atoms with Gasteiger partial charge >= 0.3 is 0 Å². The van der Waals surface area contributed by atoms with Crippen LogP contribution in [-0.4, -0.2) is 18.4 Å². The molecule has 4 N–H and O–H groups in total. The smallest absolute Gasteiger partial charge is 0.248 e. The third-order valence-electron chi connectivity index (χ3n) is 3.92. The van der Waals surface area contributed by atoms with Gasteiger partial charge in [0.05, 0.1) is 6.54 Å². The van der Waals surface area contributed by atoms with Crippen LogP contribution in [-0.2, 0) is 13.1 Å². The van der Waals surface area contributed by atoms with E-state index in [1.54, 1.807) is 12.1 Å². The van der Waals surface area contributed by atoms with Gasteiger partial charge in [-0.25, -0.2) is 4.99 Å². The quantitative estimate of drug-likeness (QED) is 0.559. The van der Waals surface area contributed by atoms with E-state index in [0.29, 0.717) is 18.7 Å². The van der Waals surface area contributed by atoms with Crippen LogP contribution in [0.4, 0.5) is 0 Å². The minimum atomic E-state index is -0.425. The monoisotopic (exact) mass is 338 g/mol. The zero-order valence-electron chi connectivity index (χ0n) is 15.1. The summed E-state index contributed by atoms with van der Waals surface area (Å²) in [4.78, 5) is 15.9. The second kappa shape index (κ2) is 8.87. The number of nitrogens with one attached hydrogen (secondary N) is 2. The highest BCUT2D eigenvalue weighted by atomic mass is 16.1. The fourth-order valence-corrected chi connectivity index (χ4v) is 2.56. The molecule has 0 bridgehead atoms. The highest BCUT2D eigenvalue weighted by Gasteiger charge is 2.03. The van der Waals surface area contributed by atoms with Crippen LogP contribution in [0.1, 0.15) is 39.5 Å². The van der Waals surface area contributed by atoms with Crippen LogP contribution in [0.3, 0.4) is 0 Å². The molecule has 0 radical (unpaired) electrons. The summed E-state index contributed by atoms with van der Waals surface area (Å²) in [6.07, 6.45) is 0. The maximum absolute atomic E-state index is 11.3. The molecule has 5 nitrogen and oxygen atoms in total. The molecule has 25 heavy (non-hydrogen) atoms. The SMILES string of the molecule is CCNC(=NCc1cccc(C(N)=O)c1)NCc1ccc(C)cc1C. The summed E-state index contributed by atoms with van der Waals surface area (Å²) in [6.45, 7) is 8.20. The summed E-state index contributed by atoms with van der Waals surface area (Å²) in [5, 5.41) is 6.59. The lowest BCUT2D eigenvalue weighted by Gasteiger charge is -2.13. The molecule has 0 saturated carbocycles. The summed E-state index contributed by atoms with van der Waals surface area (Å²) < 4.78 is 0. The summed E-state index contributed by atoms with van der Waals surface area (Å²) in [5.41, 5.74) is 10.5. The molecule has 1 amide bonds. The Bertz CT molecular complexity index is 768. The van der Waals surface area contributed by atoms with E-state index in [9.17, 15) is 4.79 Å². The first-order chi connectivity index (χ1) is 12.0. The Morgan fingerprint density at radius 2 is 1.92 bits per heavy atom. The summed E-state index contributed by atoms with van der Waals surface area (Å²) in [7, 11) is 0. The van der Waals surface area contributed by atoms with E-state index in [1.165, 1.54) is 16.7 Å². The van der Waals surface area contributed by atoms with E-state index in [2.05, 4.69) is 47.7 Å². The van der Waals surface area contributed by atoms with Crippen molar-refractivity contribution in [2.45, 2.75) is 33.9 Å². The molecule has 0 heterocycles. The number of rotatable bonds is 6. The topological polar surface area (TPSA) is 79.5 Å². The number of nitrogens with zero attached hydrogens (tertiary/aromatic N) is 1. The maximum Gasteiger partial charge on any atom is 0.248 e. The number of carbonyl (C=O) groups excluding carboxylic acids is 1. The Hall–Kier alpha value is -2.82. The zero-order valence-corrected chi connectivity index (χ0v) is 15.1. The number of hydrogen-bond donors (Lipinski definition) is 3. The van der Waals surface area contributed by atoms with Crippen molar-refractivity contribution in [2.24, 2.45) is 10.7 Å². The van der Waals surface area contributed by atoms with Crippen LogP contribution in [0.25, 0.3) is 0 Å². The number of nitrogens with two attached hydrogens (primary N) is 1. The van der Waals surface area contributed by atoms with Crippen molar-refractivity contribution in [3.63, 3.8) is 0 Å². The number of amides is 1. The molecule has 0 unspecified atom stereocenters. The van der Waals surface area contributed by atoms with Crippen LogP contribution in [0, 0.1) is 13.8 Å². The van der Waals surface area contributed by atoms with Gasteiger partial charge in [0, 0.05) is 18.7 Å². The fraction of sp³-hybridized carbons (Fsp3) is 0.300. The Morgan fingerprint density at radius 3 is 2.60 bits per heavy atom. The van der Waals surface area contributed by atoms with Crippen LogP contribution in [0.15, 0.2) is 47.5 Å². The molecule has 0 spiro atoms. The highest BCUT2D eigenvalue weighted by molar-refractivity contribution is 5.92. The number of benzene rings is 2. The first-order valence-electron chi connectivity index (χ1n) is 8.46. The minimum Gasteiger partial charge on any atom is -0.366 e. The molecule has 2 aromatic carbocycles. The lowest BCUT2D eigenvalue weighted by atomic mass is 10.1. The van der Waals surface area contributed by atoms with E-state index >= 15 is 0 Å². The molecule has 0 aliphatic carbocycles. The lowest BCUT2D eigenvalue weighted by Crippen LogP contribution is -2.36. The normalized spacial score (nSPS) is 11.2. The summed E-state index contributed by atoms with van der Waals surface area (Å²) >= 11 is 0. The number of aryl methyl sites for hydroxylation is 2. The molecular formula is C20H26N4O. The van der Waals surface area contributed by atoms with Gasteiger partial charge in [0.2, 0.25) is 5.91 Å². The van der Waals surface area contributed by atoms with Crippen molar-refractivity contribution in [3.05, 3.63) is 70.3 Å². The van der Waals surface area contributed by atoms with Crippen LogP contribution >= 0.6 is 0 Å². The molecule has 5 heteroatoms. The van der Waals surface area contributed by atoms with Crippen molar-refractivity contribution in [1.82, 2.24) is 10.6 Å². The first-order valence-corrected chi connectivity index (χ1v) is 8.46. The van der Waals surface area contributed by atoms with Crippen molar-refractivity contribution in [2.75, 3.05) is 6.54 Å². The predicted molar refractivity (Wildman–Crippen MR) is 103 cm³/mol. The Balaban J connectivity index is 2.05. The van der Waals surface area contributed by atoms with Crippen LogP contribution < -0.4 is 16.4 Å². The molecule has 132 valence electrons. The number of hydrogen-bond acceptors (Lipinski definition) is 2. The third-order valence-corrected chi connectivity index (χ3v) is 3.92.